The number of halogens is 1. The minimum absolute atomic E-state index is 0. The van der Waals surface area contributed by atoms with Gasteiger partial charge >= 0.3 is 11.9 Å². The Labute approximate surface area is 88.2 Å². The van der Waals surface area contributed by atoms with Crippen LogP contribution in [0.4, 0.5) is 0 Å². The second-order valence-corrected chi connectivity index (χ2v) is 2.30. The first kappa shape index (κ1) is 18.8. The molecule has 0 aromatic heterocycles. The molecule has 0 aromatic rings. The fourth-order valence-electron chi connectivity index (χ4n) is 1.01. The molecule has 6 nitrogen and oxygen atoms in total. The van der Waals surface area contributed by atoms with E-state index in [1.165, 1.54) is 4.90 Å². The van der Waals surface area contributed by atoms with E-state index in [0.29, 0.717) is 13.1 Å². The molecule has 0 aliphatic heterocycles. The van der Waals surface area contributed by atoms with Crippen LogP contribution in [0.5, 0.6) is 0 Å². The number of hydrogen-bond donors (Lipinski definition) is 2. The van der Waals surface area contributed by atoms with Gasteiger partial charge in [0.2, 0.25) is 6.04 Å². The molecule has 0 aliphatic carbocycles. The van der Waals surface area contributed by atoms with Crippen LogP contribution < -0.4 is 0 Å². The van der Waals surface area contributed by atoms with Crippen molar-refractivity contribution in [2.75, 3.05) is 13.1 Å². The van der Waals surface area contributed by atoms with Crippen molar-refractivity contribution in [3.8, 4) is 0 Å². The first-order valence-electron chi connectivity index (χ1n) is 3.74. The van der Waals surface area contributed by atoms with Gasteiger partial charge in [-0.1, -0.05) is 13.8 Å². The Hall–Kier alpha value is -0.850. The molecule has 0 radical (unpaired) electrons. The molecule has 0 bridgehead atoms. The molecule has 0 saturated heterocycles. The number of aliphatic carboxylic acids is 2. The maximum absolute atomic E-state index is 10.5. The first-order chi connectivity index (χ1) is 5.54. The summed E-state index contributed by atoms with van der Waals surface area (Å²) >= 11 is 0. The lowest BCUT2D eigenvalue weighted by Crippen LogP contribution is -2.46. The zero-order valence-corrected chi connectivity index (χ0v) is 8.87. The summed E-state index contributed by atoms with van der Waals surface area (Å²) in [7, 11) is 0. The molecule has 14 heavy (non-hydrogen) atoms. The van der Waals surface area contributed by atoms with E-state index in [1.54, 1.807) is 13.8 Å². The quantitative estimate of drug-likeness (QED) is 0.616. The van der Waals surface area contributed by atoms with Crippen molar-refractivity contribution in [1.82, 2.24) is 4.90 Å². The van der Waals surface area contributed by atoms with Crippen molar-refractivity contribution in [1.29, 1.82) is 0 Å². The van der Waals surface area contributed by atoms with E-state index in [2.05, 4.69) is 0 Å². The smallest absolute Gasteiger partial charge is 0.332 e. The highest BCUT2D eigenvalue weighted by Gasteiger charge is 2.30. The average molecular weight is 230 g/mol. The maximum Gasteiger partial charge on any atom is 0.332 e. The lowest BCUT2D eigenvalue weighted by Gasteiger charge is -2.22. The summed E-state index contributed by atoms with van der Waals surface area (Å²) in [5.74, 6) is -2.63. The highest BCUT2D eigenvalue weighted by molar-refractivity contribution is 5.97. The third kappa shape index (κ3) is 5.00. The van der Waals surface area contributed by atoms with Gasteiger partial charge in [-0.25, -0.2) is 9.59 Å². The van der Waals surface area contributed by atoms with Crippen molar-refractivity contribution in [3.05, 3.63) is 0 Å². The molecule has 0 spiro atoms. The van der Waals surface area contributed by atoms with Crippen LogP contribution in [0.25, 0.3) is 0 Å². The monoisotopic (exact) mass is 229 g/mol. The highest BCUT2D eigenvalue weighted by atomic mass is 35.5. The van der Waals surface area contributed by atoms with Gasteiger partial charge in [0.05, 0.1) is 0 Å². The van der Waals surface area contributed by atoms with Crippen LogP contribution in [-0.2, 0) is 9.59 Å². The van der Waals surface area contributed by atoms with Crippen molar-refractivity contribution < 1.29 is 25.3 Å². The van der Waals surface area contributed by atoms with E-state index in [9.17, 15) is 9.59 Å². The minimum atomic E-state index is -1.42. The van der Waals surface area contributed by atoms with E-state index < -0.39 is 18.0 Å². The molecule has 0 aliphatic rings. The molecule has 7 heteroatoms. The molecule has 0 fully saturated rings. The summed E-state index contributed by atoms with van der Waals surface area (Å²) in [5, 5.41) is 17.1. The van der Waals surface area contributed by atoms with Crippen LogP contribution in [0.2, 0.25) is 0 Å². The van der Waals surface area contributed by atoms with Gasteiger partial charge in [-0.05, 0) is 13.1 Å². The average Bonchev–Trinajstić information content (AvgIpc) is 1.98. The van der Waals surface area contributed by atoms with Gasteiger partial charge < -0.3 is 15.7 Å². The Balaban J connectivity index is -0.000000605. The molecule has 86 valence electrons. The van der Waals surface area contributed by atoms with Gasteiger partial charge in [0, 0.05) is 0 Å². The zero-order valence-electron chi connectivity index (χ0n) is 8.06. The van der Waals surface area contributed by atoms with Gasteiger partial charge in [-0.2, -0.15) is 0 Å². The van der Waals surface area contributed by atoms with Gasteiger partial charge in [-0.3, -0.25) is 4.90 Å². The molecular weight excluding hydrogens is 214 g/mol. The molecule has 0 atom stereocenters. The number of nitrogens with zero attached hydrogens (tertiary/aromatic N) is 1. The minimum Gasteiger partial charge on any atom is -0.480 e. The van der Waals surface area contributed by atoms with Gasteiger partial charge in [0.25, 0.3) is 0 Å². The molecule has 0 amide bonds. The third-order valence-corrected chi connectivity index (χ3v) is 1.65. The number of hydrogen-bond acceptors (Lipinski definition) is 3. The number of carbonyl (C=O) groups is 2. The molecule has 4 N–H and O–H groups in total. The normalized spacial score (nSPS) is 9.14. The van der Waals surface area contributed by atoms with Crippen molar-refractivity contribution in [2.45, 2.75) is 19.9 Å². The Morgan fingerprint density at radius 1 is 1.14 bits per heavy atom. The third-order valence-electron chi connectivity index (χ3n) is 1.65. The van der Waals surface area contributed by atoms with Crippen LogP contribution >= 0.6 is 12.4 Å². The van der Waals surface area contributed by atoms with E-state index in [0.717, 1.165) is 0 Å². The second kappa shape index (κ2) is 8.74. The second-order valence-electron chi connectivity index (χ2n) is 2.30. The van der Waals surface area contributed by atoms with Crippen molar-refractivity contribution in [3.63, 3.8) is 0 Å². The van der Waals surface area contributed by atoms with Crippen LogP contribution in [-0.4, -0.2) is 51.7 Å². The van der Waals surface area contributed by atoms with E-state index in [1.807, 2.05) is 0 Å². The maximum atomic E-state index is 10.5. The number of carboxylic acids is 2. The summed E-state index contributed by atoms with van der Waals surface area (Å²) in [6, 6.07) is -1.42. The Morgan fingerprint density at radius 2 is 1.43 bits per heavy atom. The summed E-state index contributed by atoms with van der Waals surface area (Å²) in [5.41, 5.74) is 0. The Morgan fingerprint density at radius 3 is 1.50 bits per heavy atom. The lowest BCUT2D eigenvalue weighted by atomic mass is 10.2. The van der Waals surface area contributed by atoms with Gasteiger partial charge in [0.1, 0.15) is 0 Å². The number of likely N-dealkylation sites (N-methyl/N-ethyl adjacent to an activating group) is 1. The lowest BCUT2D eigenvalue weighted by molar-refractivity contribution is -0.156. The van der Waals surface area contributed by atoms with E-state index in [-0.39, 0.29) is 17.9 Å². The van der Waals surface area contributed by atoms with Crippen LogP contribution in [0.3, 0.4) is 0 Å². The van der Waals surface area contributed by atoms with Crippen molar-refractivity contribution in [2.24, 2.45) is 0 Å². The van der Waals surface area contributed by atoms with E-state index in [4.69, 9.17) is 10.2 Å². The van der Waals surface area contributed by atoms with Gasteiger partial charge in [0.15, 0.2) is 0 Å². The summed E-state index contributed by atoms with van der Waals surface area (Å²) < 4.78 is 0. The molecule has 0 rings (SSSR count). The van der Waals surface area contributed by atoms with Crippen LogP contribution in [0, 0.1) is 0 Å². The van der Waals surface area contributed by atoms with Crippen LogP contribution in [0.1, 0.15) is 13.8 Å². The SMILES string of the molecule is CCN(CC)C(C(=O)O)C(=O)O.Cl.O. The number of carboxylic acid groups (broad SMARTS) is 2. The Kier molecular flexibility index (Phi) is 11.8. The van der Waals surface area contributed by atoms with Gasteiger partial charge in [-0.15, -0.1) is 12.4 Å². The fraction of sp³-hybridized carbons (Fsp3) is 0.714. The number of rotatable bonds is 5. The molecule has 0 saturated carbocycles. The molecule has 0 heterocycles. The van der Waals surface area contributed by atoms with E-state index >= 15 is 0 Å². The summed E-state index contributed by atoms with van der Waals surface area (Å²) in [6.07, 6.45) is 0. The standard InChI is InChI=1S/C7H13NO4.ClH.H2O/c1-3-8(4-2)5(6(9)10)7(11)12;;/h5H,3-4H2,1-2H3,(H,9,10)(H,11,12);1H;1H2. The predicted molar refractivity (Wildman–Crippen MR) is 52.8 cm³/mol. The van der Waals surface area contributed by atoms with Crippen LogP contribution in [0.15, 0.2) is 0 Å². The molecule has 0 unspecified atom stereocenters. The molecular formula is C7H16ClNO5. The molecule has 0 aromatic carbocycles. The Bertz CT molecular complexity index is 169. The first-order valence-corrected chi connectivity index (χ1v) is 3.74. The summed E-state index contributed by atoms with van der Waals surface area (Å²) in [6.45, 7) is 4.28. The summed E-state index contributed by atoms with van der Waals surface area (Å²) in [4.78, 5) is 22.3. The highest BCUT2D eigenvalue weighted by Crippen LogP contribution is 1.99. The van der Waals surface area contributed by atoms with Crippen molar-refractivity contribution >= 4 is 24.3 Å². The zero-order chi connectivity index (χ0) is 9.72. The largest absolute Gasteiger partial charge is 0.480 e. The topological polar surface area (TPSA) is 109 Å². The fourth-order valence-corrected chi connectivity index (χ4v) is 1.01. The predicted octanol–water partition coefficient (Wildman–Crippen LogP) is -0.537.